The second-order valence-corrected chi connectivity index (χ2v) is 6.42. The maximum absolute atomic E-state index is 5.67. The van der Waals surface area contributed by atoms with Crippen molar-refractivity contribution >= 4 is 12.4 Å². The molecule has 118 valence electrons. The molecule has 0 radical (unpaired) electrons. The first kappa shape index (κ1) is 16.6. The molecule has 0 bridgehead atoms. The highest BCUT2D eigenvalue weighted by atomic mass is 35.5. The molecular weight excluding hydrogens is 282 g/mol. The van der Waals surface area contributed by atoms with E-state index in [2.05, 4.69) is 30.4 Å². The molecule has 3 rings (SSSR count). The van der Waals surface area contributed by atoms with Crippen LogP contribution in [0.25, 0.3) is 0 Å². The molecule has 0 aliphatic heterocycles. The lowest BCUT2D eigenvalue weighted by atomic mass is 9.76. The van der Waals surface area contributed by atoms with Crippen LogP contribution >= 0.6 is 12.4 Å². The molecule has 2 aliphatic rings. The van der Waals surface area contributed by atoms with Crippen LogP contribution in [0, 0.1) is 5.92 Å². The van der Waals surface area contributed by atoms with Crippen LogP contribution in [0.15, 0.2) is 18.2 Å². The topological polar surface area (TPSA) is 21.3 Å². The van der Waals surface area contributed by atoms with Crippen molar-refractivity contribution in [3.05, 3.63) is 29.3 Å². The monoisotopic (exact) mass is 309 g/mol. The number of benzene rings is 1. The van der Waals surface area contributed by atoms with Crippen molar-refractivity contribution in [1.29, 1.82) is 0 Å². The lowest BCUT2D eigenvalue weighted by Gasteiger charge is -2.35. The van der Waals surface area contributed by atoms with Crippen molar-refractivity contribution in [2.75, 3.05) is 13.7 Å². The van der Waals surface area contributed by atoms with Gasteiger partial charge < -0.3 is 10.1 Å². The van der Waals surface area contributed by atoms with E-state index in [1.165, 1.54) is 49.7 Å². The highest BCUT2D eigenvalue weighted by molar-refractivity contribution is 5.85. The number of rotatable bonds is 6. The third-order valence-corrected chi connectivity index (χ3v) is 4.90. The van der Waals surface area contributed by atoms with Gasteiger partial charge in [-0.2, -0.15) is 0 Å². The molecule has 0 spiro atoms. The summed E-state index contributed by atoms with van der Waals surface area (Å²) in [5.74, 6) is 2.71. The van der Waals surface area contributed by atoms with Gasteiger partial charge in [0.05, 0.1) is 7.11 Å². The van der Waals surface area contributed by atoms with Crippen LogP contribution in [0.3, 0.4) is 0 Å². The summed E-state index contributed by atoms with van der Waals surface area (Å²) < 4.78 is 5.67. The van der Waals surface area contributed by atoms with Crippen molar-refractivity contribution in [2.24, 2.45) is 5.92 Å². The van der Waals surface area contributed by atoms with Crippen molar-refractivity contribution in [3.8, 4) is 5.75 Å². The minimum absolute atomic E-state index is 0. The number of nitrogens with one attached hydrogen (secondary N) is 1. The number of aryl methyl sites for hydroxylation is 1. The normalized spacial score (nSPS) is 24.1. The van der Waals surface area contributed by atoms with Crippen LogP contribution in [0.4, 0.5) is 0 Å². The molecule has 2 nitrogen and oxygen atoms in total. The average molecular weight is 310 g/mol. The third-order valence-electron chi connectivity index (χ3n) is 4.90. The number of halogens is 1. The summed E-state index contributed by atoms with van der Waals surface area (Å²) in [7, 11) is 1.81. The molecule has 2 atom stereocenters. The van der Waals surface area contributed by atoms with Crippen LogP contribution in [-0.4, -0.2) is 19.7 Å². The van der Waals surface area contributed by atoms with Gasteiger partial charge >= 0.3 is 0 Å². The molecule has 1 aromatic rings. The Balaban J connectivity index is 0.00000161. The molecule has 1 N–H and O–H groups in total. The maximum atomic E-state index is 5.67. The van der Waals surface area contributed by atoms with Gasteiger partial charge in [-0.05, 0) is 49.8 Å². The quantitative estimate of drug-likeness (QED) is 0.845. The average Bonchev–Trinajstić information content (AvgIpc) is 3.29. The number of methoxy groups -OCH3 is 1. The van der Waals surface area contributed by atoms with E-state index < -0.39 is 0 Å². The van der Waals surface area contributed by atoms with E-state index in [-0.39, 0.29) is 12.4 Å². The van der Waals surface area contributed by atoms with Gasteiger partial charge in [0, 0.05) is 17.5 Å². The van der Waals surface area contributed by atoms with Crippen LogP contribution < -0.4 is 10.1 Å². The first-order chi connectivity index (χ1) is 9.83. The van der Waals surface area contributed by atoms with E-state index in [1.807, 2.05) is 7.11 Å². The summed E-state index contributed by atoms with van der Waals surface area (Å²) in [4.78, 5) is 0. The predicted molar refractivity (Wildman–Crippen MR) is 90.7 cm³/mol. The van der Waals surface area contributed by atoms with Crippen molar-refractivity contribution in [3.63, 3.8) is 0 Å². The summed E-state index contributed by atoms with van der Waals surface area (Å²) in [6.45, 7) is 3.39. The van der Waals surface area contributed by atoms with Gasteiger partial charge in [0.2, 0.25) is 0 Å². The van der Waals surface area contributed by atoms with Gasteiger partial charge in [-0.25, -0.2) is 0 Å². The maximum Gasteiger partial charge on any atom is 0.122 e. The zero-order chi connectivity index (χ0) is 13.9. The zero-order valence-electron chi connectivity index (χ0n) is 13.2. The molecule has 0 unspecified atom stereocenters. The Kier molecular flexibility index (Phi) is 5.95. The van der Waals surface area contributed by atoms with Gasteiger partial charge in [0.1, 0.15) is 5.75 Å². The molecule has 21 heavy (non-hydrogen) atoms. The minimum Gasteiger partial charge on any atom is -0.496 e. The fraction of sp³-hybridized carbons (Fsp3) is 0.667. The largest absolute Gasteiger partial charge is 0.496 e. The zero-order valence-corrected chi connectivity index (χ0v) is 14.0. The highest BCUT2D eigenvalue weighted by Crippen LogP contribution is 2.46. The molecule has 1 saturated carbocycles. The number of fused-ring (bicyclic) bond motifs is 1. The summed E-state index contributed by atoms with van der Waals surface area (Å²) in [5, 5.41) is 3.79. The molecule has 0 heterocycles. The van der Waals surface area contributed by atoms with Crippen molar-refractivity contribution < 1.29 is 4.74 Å². The van der Waals surface area contributed by atoms with E-state index in [0.717, 1.165) is 18.2 Å². The molecule has 1 aromatic carbocycles. The Morgan fingerprint density at radius 2 is 2.05 bits per heavy atom. The third kappa shape index (κ3) is 3.73. The van der Waals surface area contributed by atoms with E-state index in [4.69, 9.17) is 4.74 Å². The molecule has 1 fully saturated rings. The lowest BCUT2D eigenvalue weighted by Crippen LogP contribution is -2.39. The van der Waals surface area contributed by atoms with Crippen LogP contribution in [0.1, 0.15) is 56.1 Å². The Hall–Kier alpha value is -0.730. The molecule has 3 heteroatoms. The van der Waals surface area contributed by atoms with Gasteiger partial charge in [-0.15, -0.1) is 12.4 Å². The van der Waals surface area contributed by atoms with Crippen molar-refractivity contribution in [2.45, 2.75) is 57.4 Å². The number of hydrogen-bond acceptors (Lipinski definition) is 2. The van der Waals surface area contributed by atoms with Gasteiger partial charge in [-0.3, -0.25) is 0 Å². The number of ether oxygens (including phenoxy) is 1. The minimum atomic E-state index is 0. The van der Waals surface area contributed by atoms with Gasteiger partial charge in [0.25, 0.3) is 0 Å². The SMILES string of the molecule is CCCN[C@H]1CCc2cccc(OC)c2[C@H]1CC1CC1.Cl. The van der Waals surface area contributed by atoms with E-state index in [1.54, 1.807) is 0 Å². The Bertz CT molecular complexity index is 444. The fourth-order valence-corrected chi connectivity index (χ4v) is 3.69. The fourth-order valence-electron chi connectivity index (χ4n) is 3.69. The number of hydrogen-bond donors (Lipinski definition) is 1. The van der Waals surface area contributed by atoms with Gasteiger partial charge in [-0.1, -0.05) is 31.9 Å². The Labute approximate surface area is 135 Å². The highest BCUT2D eigenvalue weighted by Gasteiger charge is 2.36. The standard InChI is InChI=1S/C18H27NO.ClH/c1-3-11-19-16-10-9-14-5-4-6-17(20-2)18(14)15(16)12-13-7-8-13;/h4-6,13,15-16,19H,3,7-12H2,1-2H3;1H/t15-,16-;/m0./s1. The molecule has 0 aromatic heterocycles. The summed E-state index contributed by atoms with van der Waals surface area (Å²) in [5.41, 5.74) is 3.02. The van der Waals surface area contributed by atoms with E-state index >= 15 is 0 Å². The van der Waals surface area contributed by atoms with Crippen LogP contribution in [0.2, 0.25) is 0 Å². The molecular formula is C18H28ClNO. The smallest absolute Gasteiger partial charge is 0.122 e. The first-order valence-corrected chi connectivity index (χ1v) is 8.22. The van der Waals surface area contributed by atoms with Crippen molar-refractivity contribution in [1.82, 2.24) is 5.32 Å². The predicted octanol–water partition coefficient (Wildman–Crippen LogP) is 4.32. The van der Waals surface area contributed by atoms with E-state index in [0.29, 0.717) is 12.0 Å². The van der Waals surface area contributed by atoms with Crippen LogP contribution in [0.5, 0.6) is 5.75 Å². The Morgan fingerprint density at radius 1 is 1.24 bits per heavy atom. The molecule has 0 amide bonds. The second kappa shape index (κ2) is 7.51. The summed E-state index contributed by atoms with van der Waals surface area (Å²) in [6, 6.07) is 7.22. The summed E-state index contributed by atoms with van der Waals surface area (Å²) in [6.07, 6.45) is 7.88. The Morgan fingerprint density at radius 3 is 2.71 bits per heavy atom. The first-order valence-electron chi connectivity index (χ1n) is 8.22. The van der Waals surface area contributed by atoms with E-state index in [9.17, 15) is 0 Å². The summed E-state index contributed by atoms with van der Waals surface area (Å²) >= 11 is 0. The second-order valence-electron chi connectivity index (χ2n) is 6.42. The molecule has 0 saturated heterocycles. The van der Waals surface area contributed by atoms with Crippen LogP contribution in [-0.2, 0) is 6.42 Å². The molecule has 2 aliphatic carbocycles. The van der Waals surface area contributed by atoms with Gasteiger partial charge in [0.15, 0.2) is 0 Å². The lowest BCUT2D eigenvalue weighted by molar-refractivity contribution is 0.340.